The first-order chi connectivity index (χ1) is 39.0. The monoisotopic (exact) mass is 1010 g/mol. The van der Waals surface area contributed by atoms with Crippen LogP contribution in [0.3, 0.4) is 0 Å². The summed E-state index contributed by atoms with van der Waals surface area (Å²) >= 11 is 0. The Hall–Kier alpha value is -11.1. The van der Waals surface area contributed by atoms with Crippen molar-refractivity contribution >= 4 is 55.9 Å². The summed E-state index contributed by atoms with van der Waals surface area (Å²) in [6.45, 7) is 0. The van der Waals surface area contributed by atoms with Crippen molar-refractivity contribution in [1.29, 1.82) is 10.5 Å². The topological polar surface area (TPSA) is 84.8 Å². The van der Waals surface area contributed by atoms with Crippen LogP contribution in [-0.2, 0) is 0 Å². The van der Waals surface area contributed by atoms with Gasteiger partial charge in [-0.3, -0.25) is 0 Å². The molecule has 370 valence electrons. The number of nitriles is 2. The minimum absolute atomic E-state index is 0.502. The highest BCUT2D eigenvalue weighted by Crippen LogP contribution is 2.43. The smallest absolute Gasteiger partial charge is 0.160 e. The molecule has 11 aromatic carbocycles. The van der Waals surface area contributed by atoms with Gasteiger partial charge in [0.25, 0.3) is 0 Å². The normalized spacial score (nSPS) is 11.0. The molecular weight excluding hydrogens is 963 g/mol. The van der Waals surface area contributed by atoms with E-state index in [1.807, 2.05) is 36.4 Å². The van der Waals surface area contributed by atoms with Crippen molar-refractivity contribution in [3.8, 4) is 74.0 Å². The number of anilines is 6. The Morgan fingerprint density at radius 1 is 0.291 bits per heavy atom. The van der Waals surface area contributed by atoms with Crippen molar-refractivity contribution in [2.45, 2.75) is 0 Å². The van der Waals surface area contributed by atoms with Gasteiger partial charge in [-0.15, -0.1) is 0 Å². The summed E-state index contributed by atoms with van der Waals surface area (Å²) in [7, 11) is 0. The minimum atomic E-state index is 0.502. The van der Waals surface area contributed by atoms with Gasteiger partial charge in [-0.25, -0.2) is 9.97 Å². The Balaban J connectivity index is 0.839. The van der Waals surface area contributed by atoms with Crippen molar-refractivity contribution in [3.63, 3.8) is 0 Å². The molecule has 0 bridgehead atoms. The summed E-state index contributed by atoms with van der Waals surface area (Å²) in [5, 5.41) is 21.6. The van der Waals surface area contributed by atoms with Gasteiger partial charge in [-0.2, -0.15) is 10.5 Å². The van der Waals surface area contributed by atoms with Crippen LogP contribution < -0.4 is 9.80 Å². The lowest BCUT2D eigenvalue weighted by atomic mass is 9.98. The number of benzene rings is 11. The largest absolute Gasteiger partial charge is 0.310 e. The average Bonchev–Trinajstić information content (AvgIpc) is 4.12. The predicted octanol–water partition coefficient (Wildman–Crippen LogP) is 18.6. The second kappa shape index (κ2) is 20.9. The highest BCUT2D eigenvalue weighted by molar-refractivity contribution is 6.12. The van der Waals surface area contributed by atoms with E-state index in [-0.39, 0.29) is 0 Å². The lowest BCUT2D eigenvalue weighted by Gasteiger charge is -2.26. The molecule has 0 saturated carbocycles. The average molecular weight is 1010 g/mol. The van der Waals surface area contributed by atoms with Crippen LogP contribution in [0.4, 0.5) is 34.1 Å². The summed E-state index contributed by atoms with van der Waals surface area (Å²) in [4.78, 5) is 14.5. The van der Waals surface area contributed by atoms with Gasteiger partial charge in [-0.05, 0) is 150 Å². The number of hydrogen-bond acceptors (Lipinski definition) is 6. The molecule has 0 aliphatic rings. The highest BCUT2D eigenvalue weighted by Gasteiger charge is 2.21. The lowest BCUT2D eigenvalue weighted by Crippen LogP contribution is -2.09. The van der Waals surface area contributed by atoms with E-state index in [1.165, 1.54) is 0 Å². The molecule has 0 atom stereocenters. The van der Waals surface area contributed by atoms with E-state index >= 15 is 0 Å². The number of aromatic nitrogens is 3. The Morgan fingerprint density at radius 3 is 1.08 bits per heavy atom. The third-order valence-corrected chi connectivity index (χ3v) is 14.4. The van der Waals surface area contributed by atoms with Gasteiger partial charge in [0.2, 0.25) is 0 Å². The number of rotatable bonds is 12. The van der Waals surface area contributed by atoms with Crippen molar-refractivity contribution < 1.29 is 0 Å². The summed E-state index contributed by atoms with van der Waals surface area (Å²) in [5.41, 5.74) is 19.2. The van der Waals surface area contributed by atoms with E-state index < -0.39 is 0 Å². The summed E-state index contributed by atoms with van der Waals surface area (Å²) < 4.78 is 2.39. The molecule has 13 rings (SSSR count). The van der Waals surface area contributed by atoms with Gasteiger partial charge < -0.3 is 14.4 Å². The van der Waals surface area contributed by atoms with Crippen molar-refractivity contribution in [2.75, 3.05) is 9.80 Å². The van der Waals surface area contributed by atoms with Gasteiger partial charge in [0, 0.05) is 67.3 Å². The molecule has 79 heavy (non-hydrogen) atoms. The van der Waals surface area contributed by atoms with E-state index in [1.54, 1.807) is 18.2 Å². The van der Waals surface area contributed by atoms with Crippen LogP contribution in [0.25, 0.3) is 83.6 Å². The maximum Gasteiger partial charge on any atom is 0.160 e. The standard InChI is InChI=1S/C72H47N7/c73-48-50-15-13-17-57(43-50)69-47-68(75-72(76-69)58-18-14-16-51(44-58)49-74)56-33-31-54(32-34-56)52-27-29-53(30-28-52)55-35-37-63(38-36-55)79-70-41-39-64(77(59-19-5-1-6-20-59)60-21-7-2-8-22-60)45-66(70)67-46-65(40-42-71(67)79)78(61-23-9-3-10-24-61)62-25-11-4-12-26-62/h1-47H. The second-order valence-corrected chi connectivity index (χ2v) is 19.3. The molecule has 0 fully saturated rings. The summed E-state index contributed by atoms with van der Waals surface area (Å²) in [5.74, 6) is 0.502. The number of nitrogens with zero attached hydrogens (tertiary/aromatic N) is 7. The van der Waals surface area contributed by atoms with Crippen molar-refractivity contribution in [3.05, 3.63) is 296 Å². The van der Waals surface area contributed by atoms with Crippen LogP contribution in [0.1, 0.15) is 11.1 Å². The number of hydrogen-bond donors (Lipinski definition) is 0. The first-order valence-electron chi connectivity index (χ1n) is 26.2. The molecule has 0 spiro atoms. The fraction of sp³-hybridized carbons (Fsp3) is 0. The first kappa shape index (κ1) is 47.6. The molecule has 0 amide bonds. The van der Waals surface area contributed by atoms with Gasteiger partial charge in [0.1, 0.15) is 0 Å². The van der Waals surface area contributed by atoms with Crippen LogP contribution in [0.15, 0.2) is 285 Å². The van der Waals surface area contributed by atoms with Gasteiger partial charge in [0.05, 0.1) is 45.7 Å². The van der Waals surface area contributed by atoms with Gasteiger partial charge >= 0.3 is 0 Å². The zero-order valence-electron chi connectivity index (χ0n) is 42.8. The molecule has 0 radical (unpaired) electrons. The minimum Gasteiger partial charge on any atom is -0.310 e. The zero-order chi connectivity index (χ0) is 53.1. The highest BCUT2D eigenvalue weighted by atomic mass is 15.1. The molecule has 7 nitrogen and oxygen atoms in total. The van der Waals surface area contributed by atoms with E-state index in [0.29, 0.717) is 22.6 Å². The molecule has 13 aromatic rings. The third kappa shape index (κ3) is 9.42. The first-order valence-corrected chi connectivity index (χ1v) is 26.2. The molecule has 0 saturated heterocycles. The van der Waals surface area contributed by atoms with Gasteiger partial charge in [-0.1, -0.05) is 158 Å². The van der Waals surface area contributed by atoms with Crippen LogP contribution in [0.2, 0.25) is 0 Å². The van der Waals surface area contributed by atoms with E-state index in [4.69, 9.17) is 9.97 Å². The molecule has 0 N–H and O–H groups in total. The zero-order valence-corrected chi connectivity index (χ0v) is 42.8. The Labute approximate surface area is 458 Å². The van der Waals surface area contributed by atoms with Crippen molar-refractivity contribution in [1.82, 2.24) is 14.5 Å². The fourth-order valence-electron chi connectivity index (χ4n) is 10.6. The molecule has 0 aliphatic heterocycles. The molecule has 0 unspecified atom stereocenters. The van der Waals surface area contributed by atoms with Crippen LogP contribution in [0.5, 0.6) is 0 Å². The molecule has 2 heterocycles. The molecular formula is C72H47N7. The molecule has 0 aliphatic carbocycles. The Kier molecular flexibility index (Phi) is 12.6. The third-order valence-electron chi connectivity index (χ3n) is 14.4. The molecule has 2 aromatic heterocycles. The quantitative estimate of drug-likeness (QED) is 0.121. The predicted molar refractivity (Wildman–Crippen MR) is 322 cm³/mol. The molecule has 7 heteroatoms. The maximum atomic E-state index is 9.64. The summed E-state index contributed by atoms with van der Waals surface area (Å²) in [6, 6.07) is 103. The van der Waals surface area contributed by atoms with Crippen LogP contribution in [-0.4, -0.2) is 14.5 Å². The Bertz CT molecular complexity index is 4120. The Morgan fingerprint density at radius 2 is 0.658 bits per heavy atom. The van der Waals surface area contributed by atoms with Crippen molar-refractivity contribution in [2.24, 2.45) is 0 Å². The van der Waals surface area contributed by atoms with Crippen LogP contribution >= 0.6 is 0 Å². The van der Waals surface area contributed by atoms with E-state index in [0.717, 1.165) is 106 Å². The second-order valence-electron chi connectivity index (χ2n) is 19.3. The van der Waals surface area contributed by atoms with E-state index in [9.17, 15) is 10.5 Å². The van der Waals surface area contributed by atoms with Crippen LogP contribution in [0, 0.1) is 22.7 Å². The lowest BCUT2D eigenvalue weighted by molar-refractivity contribution is 1.18. The van der Waals surface area contributed by atoms with E-state index in [2.05, 4.69) is 257 Å². The number of para-hydroxylation sites is 4. The van der Waals surface area contributed by atoms with Gasteiger partial charge in [0.15, 0.2) is 5.82 Å². The summed E-state index contributed by atoms with van der Waals surface area (Å²) in [6.07, 6.45) is 0. The SMILES string of the molecule is N#Cc1cccc(-c2cc(-c3ccc(-c4ccc(-c5ccc(-n6c7ccc(N(c8ccccc8)c8ccccc8)cc7c7cc(N(c8ccccc8)c8ccccc8)ccc76)cc5)cc4)cc3)nc(-c3cccc(C#N)c3)n2)c1. The maximum absolute atomic E-state index is 9.64. The number of fused-ring (bicyclic) bond motifs is 3. The fourth-order valence-corrected chi connectivity index (χ4v) is 10.6.